The Morgan fingerprint density at radius 2 is 1.97 bits per heavy atom. The predicted molar refractivity (Wildman–Crippen MR) is 119 cm³/mol. The van der Waals surface area contributed by atoms with Crippen molar-refractivity contribution in [3.8, 4) is 5.75 Å². The summed E-state index contributed by atoms with van der Waals surface area (Å²) in [4.78, 5) is 29.0. The molecule has 10 heteroatoms. The molecule has 0 saturated heterocycles. The maximum atomic E-state index is 13.5. The first-order chi connectivity index (χ1) is 15.9. The van der Waals surface area contributed by atoms with E-state index in [1.807, 2.05) is 0 Å². The van der Waals surface area contributed by atoms with Crippen LogP contribution in [0.4, 0.5) is 17.6 Å². The molecule has 1 saturated carbocycles. The summed E-state index contributed by atoms with van der Waals surface area (Å²) in [5, 5.41) is 0.238. The minimum Gasteiger partial charge on any atom is -0.496 e. The highest BCUT2D eigenvalue weighted by atomic mass is 19.4. The van der Waals surface area contributed by atoms with Crippen molar-refractivity contribution in [2.75, 3.05) is 7.11 Å². The van der Waals surface area contributed by atoms with E-state index < -0.39 is 23.3 Å². The number of primary amides is 1. The molecule has 2 atom stereocenters. The Bertz CT molecular complexity index is 1270. The number of benzene rings is 1. The number of hydrogen-bond donors (Lipinski definition) is 2. The number of carbonyl (C=O) groups excluding carboxylic acids is 1. The third-order valence-electron chi connectivity index (χ3n) is 6.34. The van der Waals surface area contributed by atoms with E-state index in [-0.39, 0.29) is 35.3 Å². The molecule has 2 aromatic heterocycles. The fourth-order valence-corrected chi connectivity index (χ4v) is 4.35. The Hall–Kier alpha value is -3.43. The smallest absolute Gasteiger partial charge is 0.394 e. The number of rotatable bonds is 3. The summed E-state index contributed by atoms with van der Waals surface area (Å²) < 4.78 is 57.9. The van der Waals surface area contributed by atoms with Gasteiger partial charge in [-0.3, -0.25) is 14.6 Å². The molecule has 4 rings (SSSR count). The molecule has 0 spiro atoms. The molecule has 0 radical (unpaired) electrons. The van der Waals surface area contributed by atoms with E-state index in [0.29, 0.717) is 28.8 Å². The highest BCUT2D eigenvalue weighted by molar-refractivity contribution is 6.03. The Labute approximate surface area is 193 Å². The van der Waals surface area contributed by atoms with Gasteiger partial charge in [-0.15, -0.1) is 0 Å². The van der Waals surface area contributed by atoms with Gasteiger partial charge < -0.3 is 15.5 Å². The van der Waals surface area contributed by atoms with Crippen LogP contribution in [0.15, 0.2) is 41.5 Å². The second-order valence-electron chi connectivity index (χ2n) is 8.58. The fourth-order valence-electron chi connectivity index (χ4n) is 4.35. The molecule has 182 valence electrons. The Kier molecular flexibility index (Phi) is 6.99. The molecule has 6 nitrogen and oxygen atoms in total. The number of aromatic nitrogens is 2. The Morgan fingerprint density at radius 1 is 1.26 bits per heavy atom. The molecule has 0 aliphatic heterocycles. The summed E-state index contributed by atoms with van der Waals surface area (Å²) in [5.41, 5.74) is 4.76. The summed E-state index contributed by atoms with van der Waals surface area (Å²) in [7, 11) is 1.42. The number of carbonyl (C=O) groups is 1. The van der Waals surface area contributed by atoms with E-state index in [1.54, 1.807) is 19.1 Å². The first-order valence-corrected chi connectivity index (χ1v) is 10.6. The average molecular weight is 479 g/mol. The molecule has 1 unspecified atom stereocenters. The van der Waals surface area contributed by atoms with Gasteiger partial charge in [0, 0.05) is 24.0 Å². The summed E-state index contributed by atoms with van der Waals surface area (Å²) in [6.45, 7) is 2.84. The number of pyridine rings is 2. The first-order valence-electron chi connectivity index (χ1n) is 10.6. The van der Waals surface area contributed by atoms with E-state index in [9.17, 15) is 27.2 Å². The van der Waals surface area contributed by atoms with Gasteiger partial charge in [-0.1, -0.05) is 13.0 Å². The highest BCUT2D eigenvalue weighted by Gasteiger charge is 2.55. The normalized spacial score (nSPS) is 20.0. The standard InChI is InChI=1S/C15H18F4O.C9H7N3O2/c1-9-12(16)5-4-11(13(9)20-3)10-6-7-14(2,8-10)15(17,18)19;10-9(14)8-7-5(1-3-12-8)11-4-2-6(7)13/h4-5,10H,6-8H2,1-3H3;1-4H,(H2,10,14)(H,11,13)/t10?,14-;/m0./s1. The van der Waals surface area contributed by atoms with Gasteiger partial charge in [-0.25, -0.2) is 4.39 Å². The molecule has 3 aromatic rings. The molecule has 2 heterocycles. The molecule has 0 bridgehead atoms. The number of methoxy groups -OCH3 is 1. The van der Waals surface area contributed by atoms with Crippen LogP contribution in [-0.4, -0.2) is 29.2 Å². The van der Waals surface area contributed by atoms with Gasteiger partial charge in [0.1, 0.15) is 17.3 Å². The van der Waals surface area contributed by atoms with Crippen LogP contribution >= 0.6 is 0 Å². The Balaban J connectivity index is 0.000000202. The van der Waals surface area contributed by atoms with E-state index in [2.05, 4.69) is 9.97 Å². The van der Waals surface area contributed by atoms with E-state index in [1.165, 1.54) is 38.6 Å². The molecule has 34 heavy (non-hydrogen) atoms. The highest BCUT2D eigenvalue weighted by Crippen LogP contribution is 2.56. The van der Waals surface area contributed by atoms with Gasteiger partial charge in [0.2, 0.25) is 0 Å². The number of aromatic amines is 1. The van der Waals surface area contributed by atoms with E-state index in [0.717, 1.165) is 0 Å². The molecule has 1 fully saturated rings. The van der Waals surface area contributed by atoms with Crippen molar-refractivity contribution in [3.05, 3.63) is 69.5 Å². The van der Waals surface area contributed by atoms with Gasteiger partial charge in [0.05, 0.1) is 23.4 Å². The number of nitrogens with one attached hydrogen (secondary N) is 1. The molecule has 1 amide bonds. The summed E-state index contributed by atoms with van der Waals surface area (Å²) >= 11 is 0. The van der Waals surface area contributed by atoms with Gasteiger partial charge in [-0.05, 0) is 49.8 Å². The van der Waals surface area contributed by atoms with Gasteiger partial charge in [0.25, 0.3) is 5.91 Å². The van der Waals surface area contributed by atoms with Gasteiger partial charge in [0.15, 0.2) is 5.43 Å². The maximum absolute atomic E-state index is 13.5. The number of H-pyrrole nitrogens is 1. The summed E-state index contributed by atoms with van der Waals surface area (Å²) in [5.74, 6) is -0.966. The number of ether oxygens (including phenoxy) is 1. The van der Waals surface area contributed by atoms with Gasteiger partial charge in [-0.2, -0.15) is 13.2 Å². The van der Waals surface area contributed by atoms with Crippen molar-refractivity contribution in [2.24, 2.45) is 11.1 Å². The van der Waals surface area contributed by atoms with Crippen LogP contribution in [0.1, 0.15) is 53.7 Å². The number of nitrogens with zero attached hydrogens (tertiary/aromatic N) is 1. The lowest BCUT2D eigenvalue weighted by atomic mass is 9.85. The first kappa shape index (κ1) is 25.2. The number of nitrogens with two attached hydrogens (primary N) is 1. The third-order valence-corrected chi connectivity index (χ3v) is 6.34. The molecular weight excluding hydrogens is 454 g/mol. The molecule has 1 aliphatic rings. The summed E-state index contributed by atoms with van der Waals surface area (Å²) in [6, 6.07) is 5.80. The maximum Gasteiger partial charge on any atom is 0.394 e. The number of amides is 1. The van der Waals surface area contributed by atoms with Crippen molar-refractivity contribution in [1.29, 1.82) is 0 Å². The number of fused-ring (bicyclic) bond motifs is 1. The SMILES string of the molecule is COc1c(C2CC[C@](C)(C(F)(F)F)C2)ccc(F)c1C.NC(=O)c1nccc2[nH]ccc(=O)c12. The lowest BCUT2D eigenvalue weighted by Crippen LogP contribution is -2.32. The second kappa shape index (κ2) is 9.44. The lowest BCUT2D eigenvalue weighted by molar-refractivity contribution is -0.215. The zero-order valence-corrected chi connectivity index (χ0v) is 18.9. The monoisotopic (exact) mass is 479 g/mol. The molecular formula is C24H25F4N3O3. The largest absolute Gasteiger partial charge is 0.496 e. The number of halogens is 4. The van der Waals surface area contributed by atoms with Crippen LogP contribution < -0.4 is 15.9 Å². The van der Waals surface area contributed by atoms with Crippen molar-refractivity contribution < 1.29 is 27.1 Å². The minimum absolute atomic E-state index is 0.00403. The topological polar surface area (TPSA) is 98.1 Å². The van der Waals surface area contributed by atoms with Crippen molar-refractivity contribution in [2.45, 2.75) is 45.2 Å². The Morgan fingerprint density at radius 3 is 2.56 bits per heavy atom. The molecule has 1 aliphatic carbocycles. The lowest BCUT2D eigenvalue weighted by Gasteiger charge is -2.27. The second-order valence-corrected chi connectivity index (χ2v) is 8.58. The average Bonchev–Trinajstić information content (AvgIpc) is 3.19. The zero-order valence-electron chi connectivity index (χ0n) is 18.9. The van der Waals surface area contributed by atoms with Crippen molar-refractivity contribution in [1.82, 2.24) is 9.97 Å². The van der Waals surface area contributed by atoms with Crippen LogP contribution in [0.5, 0.6) is 5.75 Å². The van der Waals surface area contributed by atoms with Gasteiger partial charge >= 0.3 is 6.18 Å². The molecule has 1 aromatic carbocycles. The zero-order chi connectivity index (χ0) is 25.3. The fraction of sp³-hybridized carbons (Fsp3) is 0.375. The quantitative estimate of drug-likeness (QED) is 0.517. The number of alkyl halides is 3. The van der Waals surface area contributed by atoms with Crippen LogP contribution in [0, 0.1) is 18.2 Å². The minimum atomic E-state index is -4.20. The van der Waals surface area contributed by atoms with Crippen molar-refractivity contribution in [3.63, 3.8) is 0 Å². The number of hydrogen-bond acceptors (Lipinski definition) is 4. The third kappa shape index (κ3) is 4.76. The van der Waals surface area contributed by atoms with Crippen molar-refractivity contribution >= 4 is 16.8 Å². The predicted octanol–water partition coefficient (Wildman–Crippen LogP) is 5.00. The van der Waals surface area contributed by atoms with Crippen LogP contribution in [-0.2, 0) is 0 Å². The summed E-state index contributed by atoms with van der Waals surface area (Å²) in [6.07, 6.45) is -0.700. The van der Waals surface area contributed by atoms with Crippen LogP contribution in [0.25, 0.3) is 10.9 Å². The van der Waals surface area contributed by atoms with E-state index >= 15 is 0 Å². The van der Waals surface area contributed by atoms with E-state index in [4.69, 9.17) is 10.5 Å². The molecule has 3 N–H and O–H groups in total. The van der Waals surface area contributed by atoms with Crippen LogP contribution in [0.3, 0.4) is 0 Å². The van der Waals surface area contributed by atoms with Crippen LogP contribution in [0.2, 0.25) is 0 Å².